The fraction of sp³-hybridized carbons (Fsp3) is 0.271. The van der Waals surface area contributed by atoms with Crippen molar-refractivity contribution in [3.05, 3.63) is 168 Å². The zero-order chi connectivity index (χ0) is 41.8. The maximum Gasteiger partial charge on any atom is 0.354 e. The number of aliphatic hydroxyl groups is 1. The van der Waals surface area contributed by atoms with Crippen molar-refractivity contribution in [3.8, 4) is 22.5 Å². The molecular formula is C48H50N6O5. The summed E-state index contributed by atoms with van der Waals surface area (Å²) >= 11 is 0. The first-order valence-corrected chi connectivity index (χ1v) is 20.0. The van der Waals surface area contributed by atoms with Gasteiger partial charge in [-0.1, -0.05) is 141 Å². The molecule has 3 N–H and O–H groups in total. The Balaban J connectivity index is 1.34. The van der Waals surface area contributed by atoms with Gasteiger partial charge in [-0.25, -0.2) is 9.48 Å². The Bertz CT molecular complexity index is 2330. The fourth-order valence-electron chi connectivity index (χ4n) is 8.21. The quantitative estimate of drug-likeness (QED) is 0.0727. The number of esters is 1. The summed E-state index contributed by atoms with van der Waals surface area (Å²) in [5.74, 6) is -0.981. The van der Waals surface area contributed by atoms with Crippen molar-refractivity contribution in [2.24, 2.45) is 5.41 Å². The van der Waals surface area contributed by atoms with Crippen molar-refractivity contribution >= 4 is 17.6 Å². The number of aliphatic carboxylic acids is 1. The largest absolute Gasteiger partial charge is 0.477 e. The third-order valence-corrected chi connectivity index (χ3v) is 10.9. The number of carbonyl (C=O) groups excluding carboxylic acids is 1. The van der Waals surface area contributed by atoms with Crippen LogP contribution in [0.4, 0.5) is 5.69 Å². The van der Waals surface area contributed by atoms with E-state index in [1.807, 2.05) is 115 Å². The maximum absolute atomic E-state index is 13.0. The zero-order valence-corrected chi connectivity index (χ0v) is 34.0. The van der Waals surface area contributed by atoms with Crippen LogP contribution >= 0.6 is 0 Å². The van der Waals surface area contributed by atoms with Crippen LogP contribution in [0, 0.1) is 5.41 Å². The molecule has 6 aromatic rings. The first-order valence-electron chi connectivity index (χ1n) is 20.0. The van der Waals surface area contributed by atoms with Crippen molar-refractivity contribution < 1.29 is 24.5 Å². The highest BCUT2D eigenvalue weighted by molar-refractivity contribution is 5.94. The molecule has 11 nitrogen and oxygen atoms in total. The number of nitrogens with one attached hydrogen (secondary N) is 1. The van der Waals surface area contributed by atoms with Crippen LogP contribution in [-0.2, 0) is 19.9 Å². The highest BCUT2D eigenvalue weighted by atomic mass is 16.5. The molecular weight excluding hydrogens is 741 g/mol. The number of anilines is 1. The Labute approximate surface area is 345 Å². The lowest BCUT2D eigenvalue weighted by molar-refractivity contribution is -0.153. The number of aromatic nitrogens is 4. The van der Waals surface area contributed by atoms with E-state index in [1.54, 1.807) is 32.6 Å². The van der Waals surface area contributed by atoms with E-state index in [-0.39, 0.29) is 30.4 Å². The normalized spacial score (nSPS) is 16.1. The molecule has 0 saturated heterocycles. The molecule has 11 heteroatoms. The molecule has 2 atom stereocenters. The van der Waals surface area contributed by atoms with E-state index >= 15 is 0 Å². The van der Waals surface area contributed by atoms with Gasteiger partial charge in [0.25, 0.3) is 0 Å². The molecule has 302 valence electrons. The number of carbonyl (C=O) groups is 2. The Morgan fingerprint density at radius 1 is 0.763 bits per heavy atom. The number of nitrogens with zero attached hydrogens (tertiary/aromatic N) is 5. The molecule has 0 spiro atoms. The second-order valence-electron chi connectivity index (χ2n) is 15.9. The second kappa shape index (κ2) is 16.7. The molecule has 2 heterocycles. The SMILES string of the molecule is CCCC1(CCOC(=O)C(C)(C)C)NC(C(C)O)=C(C(=O)O)N1c1ccc(-c2ccccc2-c2nnnn2C(c2ccccc2)(c2ccccc2)c2ccccc2)cc1. The predicted molar refractivity (Wildman–Crippen MR) is 228 cm³/mol. The first kappa shape index (κ1) is 40.6. The van der Waals surface area contributed by atoms with E-state index in [0.717, 1.165) is 33.4 Å². The van der Waals surface area contributed by atoms with E-state index in [4.69, 9.17) is 15.0 Å². The molecule has 2 unspecified atom stereocenters. The van der Waals surface area contributed by atoms with Crippen LogP contribution in [-0.4, -0.2) is 60.7 Å². The van der Waals surface area contributed by atoms with Crippen molar-refractivity contribution in [1.29, 1.82) is 0 Å². The third-order valence-electron chi connectivity index (χ3n) is 10.9. The van der Waals surface area contributed by atoms with Crippen LogP contribution in [0.15, 0.2) is 151 Å². The van der Waals surface area contributed by atoms with Gasteiger partial charge in [-0.3, -0.25) is 4.79 Å². The fourth-order valence-corrected chi connectivity index (χ4v) is 8.21. The Morgan fingerprint density at radius 2 is 1.29 bits per heavy atom. The highest BCUT2D eigenvalue weighted by Crippen LogP contribution is 2.45. The van der Waals surface area contributed by atoms with Crippen molar-refractivity contribution in [2.75, 3.05) is 11.5 Å². The smallest absolute Gasteiger partial charge is 0.354 e. The lowest BCUT2D eigenvalue weighted by Gasteiger charge is -2.41. The van der Waals surface area contributed by atoms with Crippen molar-refractivity contribution in [2.45, 2.75) is 71.2 Å². The average molecular weight is 791 g/mol. The number of hydrogen-bond donors (Lipinski definition) is 3. The topological polar surface area (TPSA) is 143 Å². The van der Waals surface area contributed by atoms with Crippen LogP contribution in [0.2, 0.25) is 0 Å². The number of ether oxygens (including phenoxy) is 1. The Kier molecular flexibility index (Phi) is 11.5. The number of rotatable bonds is 14. The monoisotopic (exact) mass is 790 g/mol. The van der Waals surface area contributed by atoms with E-state index in [9.17, 15) is 19.8 Å². The van der Waals surface area contributed by atoms with Gasteiger partial charge >= 0.3 is 11.9 Å². The number of carboxylic acid groups (broad SMARTS) is 1. The van der Waals surface area contributed by atoms with E-state index in [1.165, 1.54) is 0 Å². The van der Waals surface area contributed by atoms with Gasteiger partial charge in [0.15, 0.2) is 11.5 Å². The standard InChI is InChI=1S/C48H50N6O5/c1-6-30-47(31-32-59-45(58)46(3,4)5)49-41(33(2)55)42(44(56)57)53(47)38-28-26-34(27-29-38)39-24-16-17-25-40(39)43-50-51-52-54(43)48(35-18-10-7-11-19-35,36-20-12-8-13-21-36)37-22-14-9-15-23-37/h7-29,33,49,55H,6,30-32H2,1-5H3,(H,56,57). The van der Waals surface area contributed by atoms with E-state index < -0.39 is 28.7 Å². The van der Waals surface area contributed by atoms with E-state index in [2.05, 4.69) is 46.9 Å². The minimum Gasteiger partial charge on any atom is -0.477 e. The van der Waals surface area contributed by atoms with E-state index in [0.29, 0.717) is 24.4 Å². The van der Waals surface area contributed by atoms with Gasteiger partial charge in [-0.05, 0) is 84.5 Å². The lowest BCUT2D eigenvalue weighted by Crippen LogP contribution is -2.55. The highest BCUT2D eigenvalue weighted by Gasteiger charge is 2.49. The zero-order valence-electron chi connectivity index (χ0n) is 34.0. The predicted octanol–water partition coefficient (Wildman–Crippen LogP) is 8.41. The molecule has 0 bridgehead atoms. The molecule has 1 aliphatic rings. The molecule has 0 aliphatic carbocycles. The first-order chi connectivity index (χ1) is 28.4. The minimum atomic E-state index is -1.18. The molecule has 0 saturated carbocycles. The molecule has 5 aromatic carbocycles. The number of benzene rings is 5. The van der Waals surface area contributed by atoms with Gasteiger partial charge in [0.05, 0.1) is 23.8 Å². The van der Waals surface area contributed by atoms with Gasteiger partial charge in [0, 0.05) is 17.7 Å². The summed E-state index contributed by atoms with van der Waals surface area (Å²) in [6.45, 7) is 8.98. The molecule has 1 aromatic heterocycles. The number of hydrogen-bond acceptors (Lipinski definition) is 9. The van der Waals surface area contributed by atoms with Gasteiger partial charge in [0.1, 0.15) is 11.2 Å². The summed E-state index contributed by atoms with van der Waals surface area (Å²) in [7, 11) is 0. The summed E-state index contributed by atoms with van der Waals surface area (Å²) < 4.78 is 7.61. The van der Waals surface area contributed by atoms with Gasteiger partial charge < -0.3 is 25.2 Å². The Hall–Kier alpha value is -6.59. The van der Waals surface area contributed by atoms with Crippen LogP contribution in [0.1, 0.15) is 70.6 Å². The number of carboxylic acids is 1. The molecule has 7 rings (SSSR count). The van der Waals surface area contributed by atoms with Crippen LogP contribution in [0.25, 0.3) is 22.5 Å². The van der Waals surface area contributed by atoms with Gasteiger partial charge in [0.2, 0.25) is 0 Å². The van der Waals surface area contributed by atoms with Gasteiger partial charge in [-0.2, -0.15) is 0 Å². The molecule has 0 radical (unpaired) electrons. The molecule has 0 amide bonds. The van der Waals surface area contributed by atoms with Crippen LogP contribution in [0.5, 0.6) is 0 Å². The van der Waals surface area contributed by atoms with Crippen LogP contribution in [0.3, 0.4) is 0 Å². The van der Waals surface area contributed by atoms with Crippen molar-refractivity contribution in [3.63, 3.8) is 0 Å². The molecule has 1 aliphatic heterocycles. The lowest BCUT2D eigenvalue weighted by atomic mass is 9.77. The number of aliphatic hydroxyl groups excluding tert-OH is 1. The van der Waals surface area contributed by atoms with Crippen molar-refractivity contribution in [1.82, 2.24) is 25.5 Å². The third kappa shape index (κ3) is 7.61. The molecule has 0 fully saturated rings. The minimum absolute atomic E-state index is 0.0518. The second-order valence-corrected chi connectivity index (χ2v) is 15.9. The number of tetrazole rings is 1. The van der Waals surface area contributed by atoms with Gasteiger partial charge in [-0.15, -0.1) is 5.10 Å². The average Bonchev–Trinajstić information content (AvgIpc) is 3.86. The summed E-state index contributed by atoms with van der Waals surface area (Å²) in [5.41, 5.74) is 3.56. The molecule has 59 heavy (non-hydrogen) atoms. The Morgan fingerprint density at radius 3 is 1.78 bits per heavy atom. The van der Waals surface area contributed by atoms with Crippen LogP contribution < -0.4 is 10.2 Å². The summed E-state index contributed by atoms with van der Waals surface area (Å²) in [6.07, 6.45) is 0.375. The summed E-state index contributed by atoms with van der Waals surface area (Å²) in [4.78, 5) is 27.5. The summed E-state index contributed by atoms with van der Waals surface area (Å²) in [5, 5.41) is 38.6. The maximum atomic E-state index is 13.0. The summed E-state index contributed by atoms with van der Waals surface area (Å²) in [6, 6.07) is 46.3.